The SMILES string of the molecule is Cc1cc2oc(=O)cc(Cn3cnc4c(cnn4C)c3=O)c2cc1C. The van der Waals surface area contributed by atoms with Gasteiger partial charge < -0.3 is 4.42 Å². The molecule has 0 aliphatic carbocycles. The molecule has 4 rings (SSSR count). The van der Waals surface area contributed by atoms with Crippen molar-refractivity contribution in [1.82, 2.24) is 19.3 Å². The molecule has 0 saturated heterocycles. The van der Waals surface area contributed by atoms with Crippen molar-refractivity contribution >= 4 is 22.0 Å². The molecular weight excluding hydrogens is 320 g/mol. The maximum Gasteiger partial charge on any atom is 0.336 e. The van der Waals surface area contributed by atoms with Crippen LogP contribution in [0.5, 0.6) is 0 Å². The fraction of sp³-hybridized carbons (Fsp3) is 0.222. The summed E-state index contributed by atoms with van der Waals surface area (Å²) in [5.74, 6) is 0. The number of rotatable bonds is 2. The van der Waals surface area contributed by atoms with Crippen molar-refractivity contribution in [3.8, 4) is 0 Å². The Morgan fingerprint density at radius 1 is 1.08 bits per heavy atom. The fourth-order valence-corrected chi connectivity index (χ4v) is 2.98. The zero-order valence-corrected chi connectivity index (χ0v) is 14.1. The molecule has 7 nitrogen and oxygen atoms in total. The maximum absolute atomic E-state index is 12.7. The zero-order chi connectivity index (χ0) is 17.7. The topological polar surface area (TPSA) is 82.9 Å². The van der Waals surface area contributed by atoms with E-state index in [1.54, 1.807) is 11.7 Å². The molecule has 7 heteroatoms. The van der Waals surface area contributed by atoms with Crippen molar-refractivity contribution in [3.63, 3.8) is 0 Å². The van der Waals surface area contributed by atoms with E-state index in [-0.39, 0.29) is 12.1 Å². The number of hydrogen-bond acceptors (Lipinski definition) is 5. The standard InChI is InChI=1S/C18H16N4O3/c1-10-4-13-12(6-16(23)25-15(13)5-11(10)2)8-22-9-19-17-14(18(22)24)7-20-21(17)3/h4-7,9H,8H2,1-3H3. The molecule has 0 aliphatic heterocycles. The van der Waals surface area contributed by atoms with E-state index in [0.717, 1.165) is 22.1 Å². The van der Waals surface area contributed by atoms with Crippen LogP contribution >= 0.6 is 0 Å². The molecule has 4 aromatic rings. The van der Waals surface area contributed by atoms with Gasteiger partial charge in [0.15, 0.2) is 5.65 Å². The van der Waals surface area contributed by atoms with E-state index in [0.29, 0.717) is 16.6 Å². The molecule has 1 aromatic carbocycles. The molecule has 0 radical (unpaired) electrons. The summed E-state index contributed by atoms with van der Waals surface area (Å²) < 4.78 is 8.34. The first-order valence-electron chi connectivity index (χ1n) is 7.85. The highest BCUT2D eigenvalue weighted by Gasteiger charge is 2.12. The molecule has 0 N–H and O–H groups in total. The maximum atomic E-state index is 12.7. The van der Waals surface area contributed by atoms with Crippen LogP contribution in [0.4, 0.5) is 0 Å². The van der Waals surface area contributed by atoms with Crippen LogP contribution in [0.1, 0.15) is 16.7 Å². The Morgan fingerprint density at radius 2 is 1.84 bits per heavy atom. The van der Waals surface area contributed by atoms with E-state index >= 15 is 0 Å². The smallest absolute Gasteiger partial charge is 0.336 e. The molecule has 126 valence electrons. The van der Waals surface area contributed by atoms with Crippen LogP contribution in [-0.4, -0.2) is 19.3 Å². The largest absolute Gasteiger partial charge is 0.423 e. The number of aryl methyl sites for hydroxylation is 3. The summed E-state index contributed by atoms with van der Waals surface area (Å²) in [6.45, 7) is 4.20. The average Bonchev–Trinajstić information content (AvgIpc) is 2.94. The van der Waals surface area contributed by atoms with Gasteiger partial charge in [0.1, 0.15) is 17.3 Å². The van der Waals surface area contributed by atoms with Gasteiger partial charge in [0.25, 0.3) is 5.56 Å². The molecule has 0 atom stereocenters. The van der Waals surface area contributed by atoms with Crippen molar-refractivity contribution in [2.45, 2.75) is 20.4 Å². The Hall–Kier alpha value is -3.22. The Balaban J connectivity index is 1.91. The second-order valence-corrected chi connectivity index (χ2v) is 6.21. The van der Waals surface area contributed by atoms with Crippen LogP contribution in [0.15, 0.2) is 44.7 Å². The lowest BCUT2D eigenvalue weighted by molar-refractivity contribution is 0.557. The number of hydrogen-bond donors (Lipinski definition) is 0. The van der Waals surface area contributed by atoms with Crippen molar-refractivity contribution in [1.29, 1.82) is 0 Å². The monoisotopic (exact) mass is 336 g/mol. The Labute approximate surface area is 142 Å². The van der Waals surface area contributed by atoms with Gasteiger partial charge in [-0.05, 0) is 42.7 Å². The van der Waals surface area contributed by atoms with E-state index in [4.69, 9.17) is 4.42 Å². The molecule has 0 unspecified atom stereocenters. The normalized spacial score (nSPS) is 11.5. The molecular formula is C18H16N4O3. The van der Waals surface area contributed by atoms with Gasteiger partial charge in [-0.1, -0.05) is 0 Å². The van der Waals surface area contributed by atoms with Gasteiger partial charge in [0, 0.05) is 18.5 Å². The Morgan fingerprint density at radius 3 is 2.64 bits per heavy atom. The van der Waals surface area contributed by atoms with E-state index in [1.165, 1.54) is 23.2 Å². The number of benzene rings is 1. The van der Waals surface area contributed by atoms with Crippen molar-refractivity contribution < 1.29 is 4.42 Å². The molecule has 0 saturated carbocycles. The van der Waals surface area contributed by atoms with Crippen LogP contribution in [0.25, 0.3) is 22.0 Å². The molecule has 3 heterocycles. The van der Waals surface area contributed by atoms with Crippen LogP contribution in [-0.2, 0) is 13.6 Å². The minimum Gasteiger partial charge on any atom is -0.423 e. The van der Waals surface area contributed by atoms with Gasteiger partial charge in [-0.25, -0.2) is 9.78 Å². The highest BCUT2D eigenvalue weighted by atomic mass is 16.4. The molecule has 0 amide bonds. The molecule has 0 spiro atoms. The second kappa shape index (κ2) is 5.41. The molecule has 3 aromatic heterocycles. The molecule has 25 heavy (non-hydrogen) atoms. The third kappa shape index (κ3) is 2.44. The number of nitrogens with zero attached hydrogens (tertiary/aromatic N) is 4. The van der Waals surface area contributed by atoms with E-state index in [2.05, 4.69) is 10.1 Å². The summed E-state index contributed by atoms with van der Waals surface area (Å²) in [4.78, 5) is 28.9. The number of aromatic nitrogens is 4. The van der Waals surface area contributed by atoms with Crippen molar-refractivity contribution in [3.05, 3.63) is 68.2 Å². The highest BCUT2D eigenvalue weighted by molar-refractivity contribution is 5.82. The first-order valence-corrected chi connectivity index (χ1v) is 7.85. The summed E-state index contributed by atoms with van der Waals surface area (Å²) in [7, 11) is 1.74. The number of fused-ring (bicyclic) bond motifs is 2. The van der Waals surface area contributed by atoms with Gasteiger partial charge >= 0.3 is 5.63 Å². The van der Waals surface area contributed by atoms with Gasteiger partial charge in [-0.2, -0.15) is 5.10 Å². The average molecular weight is 336 g/mol. The van der Waals surface area contributed by atoms with Crippen LogP contribution in [0.2, 0.25) is 0 Å². The van der Waals surface area contributed by atoms with Crippen LogP contribution < -0.4 is 11.2 Å². The van der Waals surface area contributed by atoms with E-state index in [1.807, 2.05) is 26.0 Å². The van der Waals surface area contributed by atoms with Crippen molar-refractivity contribution in [2.24, 2.45) is 7.05 Å². The van der Waals surface area contributed by atoms with E-state index in [9.17, 15) is 9.59 Å². The second-order valence-electron chi connectivity index (χ2n) is 6.21. The minimum atomic E-state index is -0.436. The molecule has 0 aliphatic rings. The predicted octanol–water partition coefficient (Wildman–Crippen LogP) is 1.90. The summed E-state index contributed by atoms with van der Waals surface area (Å²) in [5.41, 5.74) is 3.29. The van der Waals surface area contributed by atoms with Crippen LogP contribution in [0, 0.1) is 13.8 Å². The third-order valence-electron chi connectivity index (χ3n) is 4.50. The lowest BCUT2D eigenvalue weighted by Crippen LogP contribution is -2.21. The molecule has 0 fully saturated rings. The Kier molecular flexibility index (Phi) is 3.31. The van der Waals surface area contributed by atoms with E-state index < -0.39 is 5.63 Å². The van der Waals surface area contributed by atoms with Crippen LogP contribution in [0.3, 0.4) is 0 Å². The highest BCUT2D eigenvalue weighted by Crippen LogP contribution is 2.22. The van der Waals surface area contributed by atoms with Crippen molar-refractivity contribution in [2.75, 3.05) is 0 Å². The lowest BCUT2D eigenvalue weighted by atomic mass is 10.0. The fourth-order valence-electron chi connectivity index (χ4n) is 2.98. The minimum absolute atomic E-state index is 0.191. The first-order chi connectivity index (χ1) is 11.9. The van der Waals surface area contributed by atoms with Gasteiger partial charge in [-0.3, -0.25) is 14.0 Å². The summed E-state index contributed by atoms with van der Waals surface area (Å²) in [6, 6.07) is 5.25. The lowest BCUT2D eigenvalue weighted by Gasteiger charge is -2.10. The molecule has 0 bridgehead atoms. The Bertz CT molecular complexity index is 1250. The summed E-state index contributed by atoms with van der Waals surface area (Å²) in [6.07, 6.45) is 2.99. The predicted molar refractivity (Wildman–Crippen MR) is 93.8 cm³/mol. The third-order valence-corrected chi connectivity index (χ3v) is 4.50. The quantitative estimate of drug-likeness (QED) is 0.522. The van der Waals surface area contributed by atoms with Gasteiger partial charge in [0.05, 0.1) is 12.7 Å². The van der Waals surface area contributed by atoms with Gasteiger partial charge in [0.2, 0.25) is 0 Å². The summed E-state index contributed by atoms with van der Waals surface area (Å²) in [5, 5.41) is 5.33. The van der Waals surface area contributed by atoms with Gasteiger partial charge in [-0.15, -0.1) is 0 Å². The first kappa shape index (κ1) is 15.3. The zero-order valence-electron chi connectivity index (χ0n) is 14.1. The summed E-state index contributed by atoms with van der Waals surface area (Å²) >= 11 is 0.